The molecular weight excluding hydrogens is 326 g/mol. The number of rotatable bonds is 4. The largest absolute Gasteiger partial charge is 0.320 e. The topological polar surface area (TPSA) is 71.8 Å². The first-order valence-corrected chi connectivity index (χ1v) is 8.21. The lowest BCUT2D eigenvalue weighted by molar-refractivity contribution is 0.102. The number of carbonyl (C=O) groups excluding carboxylic acids is 1. The number of nitrogens with zero attached hydrogens (tertiary/aromatic N) is 3. The molecule has 0 aliphatic carbocycles. The standard InChI is InChI=1S/C17H23N5O.ClH/c1-3-13-6-4-5-12(2)16(13)19-17(23)15-11-22(21-20-15)14-7-9-18-10-8-14;/h4-6,11,14,18H,3,7-10H2,1-2H3,(H,19,23);1H. The highest BCUT2D eigenvalue weighted by atomic mass is 35.5. The van der Waals surface area contributed by atoms with E-state index in [1.165, 1.54) is 0 Å². The van der Waals surface area contributed by atoms with E-state index in [-0.39, 0.29) is 18.3 Å². The molecule has 2 heterocycles. The van der Waals surface area contributed by atoms with Crippen molar-refractivity contribution in [2.24, 2.45) is 0 Å². The van der Waals surface area contributed by atoms with Crippen LogP contribution < -0.4 is 10.6 Å². The molecule has 1 aliphatic rings. The second kappa shape index (κ2) is 8.26. The zero-order valence-electron chi connectivity index (χ0n) is 14.1. The number of carbonyl (C=O) groups is 1. The molecule has 1 aliphatic heterocycles. The molecule has 1 aromatic carbocycles. The summed E-state index contributed by atoms with van der Waals surface area (Å²) in [6, 6.07) is 6.38. The Labute approximate surface area is 148 Å². The molecule has 0 radical (unpaired) electrons. The summed E-state index contributed by atoms with van der Waals surface area (Å²) in [6.45, 7) is 6.04. The second-order valence-corrected chi connectivity index (χ2v) is 5.98. The molecule has 2 aromatic rings. The van der Waals surface area contributed by atoms with E-state index in [1.807, 2.05) is 29.8 Å². The van der Waals surface area contributed by atoms with Gasteiger partial charge in [-0.3, -0.25) is 4.79 Å². The van der Waals surface area contributed by atoms with Crippen LogP contribution in [0.1, 0.15) is 47.4 Å². The van der Waals surface area contributed by atoms with Crippen LogP contribution in [0, 0.1) is 6.92 Å². The number of para-hydroxylation sites is 1. The molecule has 0 spiro atoms. The Morgan fingerprint density at radius 3 is 2.83 bits per heavy atom. The quantitative estimate of drug-likeness (QED) is 0.890. The maximum Gasteiger partial charge on any atom is 0.277 e. The van der Waals surface area contributed by atoms with E-state index >= 15 is 0 Å². The summed E-state index contributed by atoms with van der Waals surface area (Å²) in [5.74, 6) is -0.200. The van der Waals surface area contributed by atoms with E-state index in [0.29, 0.717) is 11.7 Å². The lowest BCUT2D eigenvalue weighted by Gasteiger charge is -2.22. The van der Waals surface area contributed by atoms with Crippen molar-refractivity contribution in [3.63, 3.8) is 0 Å². The highest BCUT2D eigenvalue weighted by Gasteiger charge is 2.19. The van der Waals surface area contributed by atoms with Gasteiger partial charge in [0.05, 0.1) is 12.2 Å². The average Bonchev–Trinajstić information content (AvgIpc) is 3.07. The number of aryl methyl sites for hydroxylation is 2. The fourth-order valence-corrected chi connectivity index (χ4v) is 3.01. The van der Waals surface area contributed by atoms with Crippen molar-refractivity contribution in [1.29, 1.82) is 0 Å². The van der Waals surface area contributed by atoms with Crippen LogP contribution in [0.2, 0.25) is 0 Å². The van der Waals surface area contributed by atoms with Crippen molar-refractivity contribution in [2.45, 2.75) is 39.2 Å². The predicted octanol–water partition coefficient (Wildman–Crippen LogP) is 2.75. The Kier molecular flexibility index (Phi) is 6.34. The zero-order chi connectivity index (χ0) is 16.2. The van der Waals surface area contributed by atoms with Gasteiger partial charge < -0.3 is 10.6 Å². The Hall–Kier alpha value is -1.92. The van der Waals surface area contributed by atoms with Crippen LogP contribution in [0.4, 0.5) is 5.69 Å². The van der Waals surface area contributed by atoms with Crippen molar-refractivity contribution in [2.75, 3.05) is 18.4 Å². The van der Waals surface area contributed by atoms with Gasteiger partial charge in [0.15, 0.2) is 5.69 Å². The molecule has 24 heavy (non-hydrogen) atoms. The van der Waals surface area contributed by atoms with E-state index in [4.69, 9.17) is 0 Å². The Balaban J connectivity index is 0.00000208. The minimum atomic E-state index is -0.200. The van der Waals surface area contributed by atoms with Crippen LogP contribution in [0.15, 0.2) is 24.4 Å². The summed E-state index contributed by atoms with van der Waals surface area (Å²) in [7, 11) is 0. The lowest BCUT2D eigenvalue weighted by atomic mass is 10.1. The molecule has 130 valence electrons. The van der Waals surface area contributed by atoms with E-state index in [2.05, 4.69) is 27.9 Å². The number of anilines is 1. The Bertz CT molecular complexity index is 694. The summed E-state index contributed by atoms with van der Waals surface area (Å²) in [4.78, 5) is 12.5. The van der Waals surface area contributed by atoms with Crippen LogP contribution in [-0.2, 0) is 6.42 Å². The van der Waals surface area contributed by atoms with E-state index < -0.39 is 0 Å². The fraction of sp³-hybridized carbons (Fsp3) is 0.471. The number of piperidine rings is 1. The van der Waals surface area contributed by atoms with Gasteiger partial charge in [0.25, 0.3) is 5.91 Å². The average molecular weight is 350 g/mol. The molecule has 1 amide bonds. The lowest BCUT2D eigenvalue weighted by Crippen LogP contribution is -2.29. The summed E-state index contributed by atoms with van der Waals surface area (Å²) in [5.41, 5.74) is 3.44. The third-order valence-corrected chi connectivity index (χ3v) is 4.40. The predicted molar refractivity (Wildman–Crippen MR) is 96.9 cm³/mol. The molecule has 0 atom stereocenters. The summed E-state index contributed by atoms with van der Waals surface area (Å²) in [6.07, 6.45) is 4.67. The van der Waals surface area contributed by atoms with E-state index in [0.717, 1.165) is 49.2 Å². The highest BCUT2D eigenvalue weighted by molar-refractivity contribution is 6.03. The first-order chi connectivity index (χ1) is 11.2. The SMILES string of the molecule is CCc1cccc(C)c1NC(=O)c1cn(C2CCNCC2)nn1.Cl. The van der Waals surface area contributed by atoms with Crippen LogP contribution in [0.5, 0.6) is 0 Å². The molecule has 3 rings (SSSR count). The third kappa shape index (κ3) is 3.94. The molecule has 0 saturated carbocycles. The smallest absolute Gasteiger partial charge is 0.277 e. The molecule has 0 bridgehead atoms. The van der Waals surface area contributed by atoms with Crippen LogP contribution >= 0.6 is 12.4 Å². The molecule has 1 fully saturated rings. The number of halogens is 1. The van der Waals surface area contributed by atoms with Crippen LogP contribution in [0.25, 0.3) is 0 Å². The Morgan fingerprint density at radius 1 is 1.38 bits per heavy atom. The first kappa shape index (κ1) is 18.4. The van der Waals surface area contributed by atoms with Crippen molar-refractivity contribution in [3.05, 3.63) is 41.2 Å². The molecule has 6 nitrogen and oxygen atoms in total. The minimum absolute atomic E-state index is 0. The molecule has 0 unspecified atom stereocenters. The molecule has 1 aromatic heterocycles. The van der Waals surface area contributed by atoms with Crippen molar-refractivity contribution in [3.8, 4) is 0 Å². The fourth-order valence-electron chi connectivity index (χ4n) is 3.01. The normalized spacial score (nSPS) is 14.9. The Morgan fingerprint density at radius 2 is 2.12 bits per heavy atom. The molecule has 7 heteroatoms. The number of amides is 1. The summed E-state index contributed by atoms with van der Waals surface area (Å²) in [5, 5.41) is 14.5. The number of aromatic nitrogens is 3. The van der Waals surface area contributed by atoms with Crippen molar-refractivity contribution < 1.29 is 4.79 Å². The monoisotopic (exact) mass is 349 g/mol. The van der Waals surface area contributed by atoms with Gasteiger partial charge in [0.1, 0.15) is 0 Å². The minimum Gasteiger partial charge on any atom is -0.320 e. The number of hydrogen-bond acceptors (Lipinski definition) is 4. The van der Waals surface area contributed by atoms with Gasteiger partial charge in [-0.15, -0.1) is 17.5 Å². The summed E-state index contributed by atoms with van der Waals surface area (Å²) >= 11 is 0. The van der Waals surface area contributed by atoms with Gasteiger partial charge in [-0.2, -0.15) is 0 Å². The van der Waals surface area contributed by atoms with Gasteiger partial charge in [0, 0.05) is 5.69 Å². The third-order valence-electron chi connectivity index (χ3n) is 4.40. The maximum absolute atomic E-state index is 12.5. The van der Waals surface area contributed by atoms with Gasteiger partial charge in [0.2, 0.25) is 0 Å². The van der Waals surface area contributed by atoms with Gasteiger partial charge in [-0.05, 0) is 50.4 Å². The molecule has 2 N–H and O–H groups in total. The van der Waals surface area contributed by atoms with Crippen molar-refractivity contribution in [1.82, 2.24) is 20.3 Å². The van der Waals surface area contributed by atoms with E-state index in [9.17, 15) is 4.79 Å². The maximum atomic E-state index is 12.5. The van der Waals surface area contributed by atoms with E-state index in [1.54, 1.807) is 6.20 Å². The van der Waals surface area contributed by atoms with Gasteiger partial charge in [-0.1, -0.05) is 30.3 Å². The highest BCUT2D eigenvalue weighted by Crippen LogP contribution is 2.22. The molecular formula is C17H24ClN5O. The molecule has 1 saturated heterocycles. The zero-order valence-corrected chi connectivity index (χ0v) is 14.9. The second-order valence-electron chi connectivity index (χ2n) is 5.98. The number of benzene rings is 1. The number of hydrogen-bond donors (Lipinski definition) is 2. The number of nitrogens with one attached hydrogen (secondary N) is 2. The van der Waals surface area contributed by atoms with Crippen LogP contribution in [0.3, 0.4) is 0 Å². The summed E-state index contributed by atoms with van der Waals surface area (Å²) < 4.78 is 1.83. The first-order valence-electron chi connectivity index (χ1n) is 8.21. The van der Waals surface area contributed by atoms with Crippen LogP contribution in [-0.4, -0.2) is 34.0 Å². The van der Waals surface area contributed by atoms with Crippen molar-refractivity contribution >= 4 is 24.0 Å². The van der Waals surface area contributed by atoms with Gasteiger partial charge >= 0.3 is 0 Å². The van der Waals surface area contributed by atoms with Gasteiger partial charge in [-0.25, -0.2) is 4.68 Å².